The summed E-state index contributed by atoms with van der Waals surface area (Å²) in [4.78, 5) is 46.7. The quantitative estimate of drug-likeness (QED) is 0.298. The Kier molecular flexibility index (Phi) is 11.3. The van der Waals surface area contributed by atoms with Crippen LogP contribution in [-0.4, -0.2) is 50.2 Å². The molecule has 2 atom stereocenters. The summed E-state index contributed by atoms with van der Waals surface area (Å²) in [5, 5.41) is 3.01. The maximum atomic E-state index is 12.2. The predicted octanol–water partition coefficient (Wildman–Crippen LogP) is 2.19. The molecule has 1 rings (SSSR count). The maximum absolute atomic E-state index is 12.2. The molecule has 0 spiro atoms. The molecule has 0 amide bonds. The van der Waals surface area contributed by atoms with Crippen LogP contribution in [0.5, 0.6) is 11.5 Å². The molecule has 0 aliphatic heterocycles. The topological polar surface area (TPSA) is 117 Å². The first-order chi connectivity index (χ1) is 14.7. The van der Waals surface area contributed by atoms with Crippen molar-refractivity contribution in [2.45, 2.75) is 53.0 Å². The molecule has 9 heteroatoms. The van der Waals surface area contributed by atoms with Crippen LogP contribution < -0.4 is 14.8 Å². The minimum absolute atomic E-state index is 0.0719. The van der Waals surface area contributed by atoms with E-state index in [0.717, 1.165) is 12.8 Å². The van der Waals surface area contributed by atoms with Gasteiger partial charge in [-0.2, -0.15) is 0 Å². The molecular formula is C22H31NO8. The highest BCUT2D eigenvalue weighted by atomic mass is 16.6. The van der Waals surface area contributed by atoms with Crippen LogP contribution in [0.4, 0.5) is 0 Å². The molecule has 1 unspecified atom stereocenters. The van der Waals surface area contributed by atoms with Crippen molar-refractivity contribution < 1.29 is 38.1 Å². The van der Waals surface area contributed by atoms with E-state index in [4.69, 9.17) is 18.9 Å². The normalized spacial score (nSPS) is 12.4. The van der Waals surface area contributed by atoms with Crippen LogP contribution in [0, 0.1) is 5.92 Å². The smallest absolute Gasteiger partial charge is 0.323 e. The van der Waals surface area contributed by atoms with Crippen molar-refractivity contribution in [3.05, 3.63) is 23.8 Å². The first-order valence-corrected chi connectivity index (χ1v) is 10.2. The third-order valence-corrected chi connectivity index (χ3v) is 4.30. The van der Waals surface area contributed by atoms with Gasteiger partial charge >= 0.3 is 23.9 Å². The lowest BCUT2D eigenvalue weighted by Crippen LogP contribution is -2.41. The van der Waals surface area contributed by atoms with Crippen molar-refractivity contribution in [2.24, 2.45) is 5.92 Å². The van der Waals surface area contributed by atoms with E-state index in [2.05, 4.69) is 5.32 Å². The number of benzene rings is 1. The van der Waals surface area contributed by atoms with Gasteiger partial charge in [0, 0.05) is 20.4 Å². The molecule has 0 aliphatic rings. The summed E-state index contributed by atoms with van der Waals surface area (Å²) in [7, 11) is 1.28. The summed E-state index contributed by atoms with van der Waals surface area (Å²) >= 11 is 0. The van der Waals surface area contributed by atoms with Crippen molar-refractivity contribution in [2.75, 3.05) is 20.3 Å². The van der Waals surface area contributed by atoms with Crippen LogP contribution in [0.1, 0.15) is 46.1 Å². The summed E-state index contributed by atoms with van der Waals surface area (Å²) in [6.07, 6.45) is 1.86. The van der Waals surface area contributed by atoms with Gasteiger partial charge in [0.15, 0.2) is 11.5 Å². The second-order valence-corrected chi connectivity index (χ2v) is 7.06. The molecule has 0 fully saturated rings. The van der Waals surface area contributed by atoms with Gasteiger partial charge in [-0.05, 0) is 30.5 Å². The molecule has 9 nitrogen and oxygen atoms in total. The number of carbonyl (C=O) groups excluding carboxylic acids is 4. The average molecular weight is 437 g/mol. The molecule has 0 aromatic heterocycles. The number of hydrogen-bond donors (Lipinski definition) is 1. The van der Waals surface area contributed by atoms with Crippen molar-refractivity contribution >= 4 is 23.9 Å². The van der Waals surface area contributed by atoms with Gasteiger partial charge in [0.2, 0.25) is 0 Å². The fourth-order valence-corrected chi connectivity index (χ4v) is 2.85. The molecule has 0 saturated heterocycles. The predicted molar refractivity (Wildman–Crippen MR) is 112 cm³/mol. The van der Waals surface area contributed by atoms with Gasteiger partial charge in [0.05, 0.1) is 13.0 Å². The highest BCUT2D eigenvalue weighted by molar-refractivity contribution is 5.76. The number of rotatable bonds is 12. The Morgan fingerprint density at radius 2 is 1.65 bits per heavy atom. The number of methoxy groups -OCH3 is 1. The number of esters is 4. The molecule has 0 radical (unpaired) electrons. The van der Waals surface area contributed by atoms with Crippen molar-refractivity contribution in [1.82, 2.24) is 5.32 Å². The lowest BCUT2D eigenvalue weighted by atomic mass is 10.1. The molecular weight excluding hydrogens is 406 g/mol. The van der Waals surface area contributed by atoms with Crippen molar-refractivity contribution in [3.63, 3.8) is 0 Å². The summed E-state index contributed by atoms with van der Waals surface area (Å²) in [5.41, 5.74) is 0.642. The van der Waals surface area contributed by atoms with Crippen LogP contribution in [0.3, 0.4) is 0 Å². The molecule has 0 bridgehead atoms. The first-order valence-electron chi connectivity index (χ1n) is 10.2. The highest BCUT2D eigenvalue weighted by Crippen LogP contribution is 2.29. The monoisotopic (exact) mass is 437 g/mol. The number of nitrogens with one attached hydrogen (secondary N) is 1. The standard InChI is InChI=1S/C22H31NO8/c1-6-7-14(2)21(26)29-11-10-23-18(22(27)28-5)12-17-8-9-19(30-15(3)24)20(13-17)31-16(4)25/h8-9,13-14,18,23H,6-7,10-12H2,1-5H3/t14?,18-/m0/s1. The second-order valence-electron chi connectivity index (χ2n) is 7.06. The van der Waals surface area contributed by atoms with Gasteiger partial charge in [-0.1, -0.05) is 26.3 Å². The molecule has 172 valence electrons. The molecule has 1 aromatic rings. The van der Waals surface area contributed by atoms with E-state index < -0.39 is 23.9 Å². The van der Waals surface area contributed by atoms with Crippen molar-refractivity contribution in [1.29, 1.82) is 0 Å². The summed E-state index contributed by atoms with van der Waals surface area (Å²) in [6.45, 7) is 6.65. The zero-order valence-electron chi connectivity index (χ0n) is 18.7. The van der Waals surface area contributed by atoms with Gasteiger partial charge < -0.3 is 24.3 Å². The van der Waals surface area contributed by atoms with Crippen LogP contribution in [0.15, 0.2) is 18.2 Å². The summed E-state index contributed by atoms with van der Waals surface area (Å²) < 4.78 is 20.2. The average Bonchev–Trinajstić information content (AvgIpc) is 2.70. The third kappa shape index (κ3) is 9.61. The van der Waals surface area contributed by atoms with E-state index in [1.165, 1.54) is 33.1 Å². The molecule has 1 N–H and O–H groups in total. The molecule has 31 heavy (non-hydrogen) atoms. The van der Waals surface area contributed by atoms with Crippen molar-refractivity contribution in [3.8, 4) is 11.5 Å². The molecule has 0 saturated carbocycles. The lowest BCUT2D eigenvalue weighted by molar-refractivity contribution is -0.148. The Labute approximate surface area is 182 Å². The lowest BCUT2D eigenvalue weighted by Gasteiger charge is -2.18. The fourth-order valence-electron chi connectivity index (χ4n) is 2.85. The molecule has 1 aromatic carbocycles. The van der Waals surface area contributed by atoms with Crippen LogP contribution in [0.25, 0.3) is 0 Å². The van der Waals surface area contributed by atoms with Crippen LogP contribution in [0.2, 0.25) is 0 Å². The minimum atomic E-state index is -0.721. The Hall–Kier alpha value is -2.94. The summed E-state index contributed by atoms with van der Waals surface area (Å²) in [6, 6.07) is 3.93. The van der Waals surface area contributed by atoms with E-state index in [1.807, 2.05) is 13.8 Å². The van der Waals surface area contributed by atoms with Crippen LogP contribution >= 0.6 is 0 Å². The Morgan fingerprint density at radius 1 is 1.00 bits per heavy atom. The van der Waals surface area contributed by atoms with Gasteiger partial charge in [-0.3, -0.25) is 19.2 Å². The van der Waals surface area contributed by atoms with E-state index in [1.54, 1.807) is 6.07 Å². The zero-order valence-corrected chi connectivity index (χ0v) is 18.7. The van der Waals surface area contributed by atoms with Gasteiger partial charge in [0.1, 0.15) is 12.6 Å². The second kappa shape index (κ2) is 13.4. The number of carbonyl (C=O) groups is 4. The van der Waals surface area contributed by atoms with E-state index in [0.29, 0.717) is 5.56 Å². The Bertz CT molecular complexity index is 777. The molecule has 0 aliphatic carbocycles. The Morgan fingerprint density at radius 3 is 2.23 bits per heavy atom. The van der Waals surface area contributed by atoms with Gasteiger partial charge in [-0.25, -0.2) is 0 Å². The first kappa shape index (κ1) is 26.1. The fraction of sp³-hybridized carbons (Fsp3) is 0.545. The minimum Gasteiger partial charge on any atom is -0.468 e. The highest BCUT2D eigenvalue weighted by Gasteiger charge is 2.21. The van der Waals surface area contributed by atoms with E-state index in [9.17, 15) is 19.2 Å². The number of ether oxygens (including phenoxy) is 4. The molecule has 0 heterocycles. The van der Waals surface area contributed by atoms with Crippen LogP contribution in [-0.2, 0) is 35.1 Å². The largest absolute Gasteiger partial charge is 0.468 e. The van der Waals surface area contributed by atoms with E-state index in [-0.39, 0.29) is 43.0 Å². The Balaban J connectivity index is 2.80. The van der Waals surface area contributed by atoms with Gasteiger partial charge in [-0.15, -0.1) is 0 Å². The van der Waals surface area contributed by atoms with Gasteiger partial charge in [0.25, 0.3) is 0 Å². The third-order valence-electron chi connectivity index (χ3n) is 4.30. The maximum Gasteiger partial charge on any atom is 0.323 e. The SMILES string of the molecule is CCCC(C)C(=O)OCCN[C@@H](Cc1ccc(OC(C)=O)c(OC(C)=O)c1)C(=O)OC. The number of hydrogen-bond acceptors (Lipinski definition) is 9. The zero-order chi connectivity index (χ0) is 23.4. The summed E-state index contributed by atoms with van der Waals surface area (Å²) in [5.74, 6) is -1.90. The van der Waals surface area contributed by atoms with E-state index >= 15 is 0 Å².